The van der Waals surface area contributed by atoms with Crippen LogP contribution in [0, 0.1) is 0 Å². The van der Waals surface area contributed by atoms with Crippen molar-refractivity contribution in [2.24, 2.45) is 5.11 Å². The highest BCUT2D eigenvalue weighted by Crippen LogP contribution is 2.17. The molecule has 15 heavy (non-hydrogen) atoms. The summed E-state index contributed by atoms with van der Waals surface area (Å²) in [4.78, 5) is 2.73. The zero-order valence-corrected chi connectivity index (χ0v) is 9.01. The average Bonchev–Trinajstić information content (AvgIpc) is 2.14. The van der Waals surface area contributed by atoms with Crippen LogP contribution in [0.3, 0.4) is 0 Å². The fourth-order valence-corrected chi connectivity index (χ4v) is 1.46. The van der Waals surface area contributed by atoms with Crippen LogP contribution in [0.4, 0.5) is 0 Å². The number of nitrogens with zero attached hydrogens (tertiary/aromatic N) is 3. The van der Waals surface area contributed by atoms with Crippen LogP contribution in [0.5, 0.6) is 0 Å². The number of azide groups is 1. The molecule has 0 saturated carbocycles. The molecule has 80 valence electrons. The van der Waals surface area contributed by atoms with Gasteiger partial charge < -0.3 is 5.11 Å². The molecule has 0 unspecified atom stereocenters. The van der Waals surface area contributed by atoms with Crippen LogP contribution in [-0.2, 0) is 13.0 Å². The van der Waals surface area contributed by atoms with Crippen molar-refractivity contribution in [3.05, 3.63) is 45.8 Å². The molecule has 1 aromatic carbocycles. The van der Waals surface area contributed by atoms with Crippen molar-refractivity contribution in [1.82, 2.24) is 0 Å². The van der Waals surface area contributed by atoms with Gasteiger partial charge in [-0.3, -0.25) is 0 Å². The first-order valence-corrected chi connectivity index (χ1v) is 4.83. The number of hydrogen-bond acceptors (Lipinski definition) is 2. The van der Waals surface area contributed by atoms with Gasteiger partial charge >= 0.3 is 0 Å². The lowest BCUT2D eigenvalue weighted by molar-refractivity contribution is 0.0808. The Labute approximate surface area is 89.2 Å². The molecule has 0 aliphatic carbocycles. The second-order valence-electron chi connectivity index (χ2n) is 4.15. The van der Waals surface area contributed by atoms with Crippen LogP contribution in [-0.4, -0.2) is 10.7 Å². The quantitative estimate of drug-likeness (QED) is 0.458. The monoisotopic (exact) mass is 205 g/mol. The summed E-state index contributed by atoms with van der Waals surface area (Å²) in [5.74, 6) is 0. The highest BCUT2D eigenvalue weighted by atomic mass is 16.3. The van der Waals surface area contributed by atoms with Gasteiger partial charge in [0.2, 0.25) is 0 Å². The molecular weight excluding hydrogens is 190 g/mol. The Morgan fingerprint density at radius 3 is 2.47 bits per heavy atom. The summed E-state index contributed by atoms with van der Waals surface area (Å²) in [7, 11) is 0. The average molecular weight is 205 g/mol. The van der Waals surface area contributed by atoms with Gasteiger partial charge in [-0.05, 0) is 30.5 Å². The van der Waals surface area contributed by atoms with E-state index in [0.717, 1.165) is 11.1 Å². The van der Waals surface area contributed by atoms with E-state index in [1.165, 1.54) is 0 Å². The van der Waals surface area contributed by atoms with Crippen molar-refractivity contribution in [2.75, 3.05) is 0 Å². The van der Waals surface area contributed by atoms with E-state index in [0.29, 0.717) is 13.0 Å². The van der Waals surface area contributed by atoms with E-state index in [4.69, 9.17) is 5.53 Å². The zero-order chi connectivity index (χ0) is 11.3. The molecule has 0 heterocycles. The van der Waals surface area contributed by atoms with Gasteiger partial charge in [-0.25, -0.2) is 0 Å². The molecule has 1 rings (SSSR count). The first-order chi connectivity index (χ1) is 7.03. The zero-order valence-electron chi connectivity index (χ0n) is 9.01. The lowest BCUT2D eigenvalue weighted by Gasteiger charge is -2.18. The number of rotatable bonds is 4. The minimum atomic E-state index is -0.744. The van der Waals surface area contributed by atoms with Gasteiger partial charge in [0.15, 0.2) is 0 Å². The first-order valence-electron chi connectivity index (χ1n) is 4.83. The summed E-state index contributed by atoms with van der Waals surface area (Å²) in [6.07, 6.45) is 0.560. The van der Waals surface area contributed by atoms with E-state index >= 15 is 0 Å². The fourth-order valence-electron chi connectivity index (χ4n) is 1.46. The van der Waals surface area contributed by atoms with Crippen molar-refractivity contribution < 1.29 is 5.11 Å². The fraction of sp³-hybridized carbons (Fsp3) is 0.455. The van der Waals surface area contributed by atoms with Crippen LogP contribution in [0.15, 0.2) is 29.4 Å². The summed E-state index contributed by atoms with van der Waals surface area (Å²) >= 11 is 0. The van der Waals surface area contributed by atoms with Crippen LogP contribution in [0.25, 0.3) is 10.4 Å². The van der Waals surface area contributed by atoms with E-state index in [1.807, 2.05) is 24.3 Å². The SMILES string of the molecule is CC(C)(O)Cc1ccccc1CN=[N+]=[N-]. The molecule has 4 heteroatoms. The second kappa shape index (κ2) is 4.82. The van der Waals surface area contributed by atoms with Gasteiger partial charge in [0, 0.05) is 11.3 Å². The maximum absolute atomic E-state index is 9.72. The Morgan fingerprint density at radius 2 is 1.93 bits per heavy atom. The largest absolute Gasteiger partial charge is 0.390 e. The highest BCUT2D eigenvalue weighted by molar-refractivity contribution is 5.28. The lowest BCUT2D eigenvalue weighted by Crippen LogP contribution is -2.22. The minimum absolute atomic E-state index is 0.336. The Morgan fingerprint density at radius 1 is 1.33 bits per heavy atom. The lowest BCUT2D eigenvalue weighted by atomic mass is 9.95. The van der Waals surface area contributed by atoms with Crippen LogP contribution in [0.1, 0.15) is 25.0 Å². The molecule has 4 nitrogen and oxygen atoms in total. The van der Waals surface area contributed by atoms with E-state index in [1.54, 1.807) is 13.8 Å². The molecule has 0 amide bonds. The third-order valence-corrected chi connectivity index (χ3v) is 2.05. The first kappa shape index (κ1) is 11.6. The number of benzene rings is 1. The Kier molecular flexibility index (Phi) is 3.72. The smallest absolute Gasteiger partial charge is 0.0632 e. The van der Waals surface area contributed by atoms with Gasteiger partial charge in [-0.1, -0.05) is 29.4 Å². The standard InChI is InChI=1S/C11H15N3O/c1-11(2,15)7-9-5-3-4-6-10(9)8-13-14-12/h3-6,15H,7-8H2,1-2H3. The Hall–Kier alpha value is -1.51. The Bertz CT molecular complexity index is 376. The molecule has 1 N–H and O–H groups in total. The van der Waals surface area contributed by atoms with Crippen molar-refractivity contribution in [1.29, 1.82) is 0 Å². The summed E-state index contributed by atoms with van der Waals surface area (Å²) < 4.78 is 0. The van der Waals surface area contributed by atoms with E-state index < -0.39 is 5.60 Å². The van der Waals surface area contributed by atoms with E-state index in [-0.39, 0.29) is 0 Å². The summed E-state index contributed by atoms with van der Waals surface area (Å²) in [6.45, 7) is 3.86. The molecule has 0 aliphatic heterocycles. The summed E-state index contributed by atoms with van der Waals surface area (Å²) in [5.41, 5.74) is 9.51. The molecule has 1 aromatic rings. The maximum atomic E-state index is 9.72. The topological polar surface area (TPSA) is 69.0 Å². The molecule has 0 aromatic heterocycles. The van der Waals surface area contributed by atoms with Gasteiger partial charge in [0.25, 0.3) is 0 Å². The summed E-state index contributed by atoms with van der Waals surface area (Å²) in [5, 5.41) is 13.2. The predicted octanol–water partition coefficient (Wildman–Crippen LogP) is 2.81. The molecule has 0 aliphatic rings. The van der Waals surface area contributed by atoms with Crippen molar-refractivity contribution in [3.63, 3.8) is 0 Å². The van der Waals surface area contributed by atoms with E-state index in [2.05, 4.69) is 10.0 Å². The van der Waals surface area contributed by atoms with Crippen molar-refractivity contribution in [2.45, 2.75) is 32.4 Å². The van der Waals surface area contributed by atoms with Crippen LogP contribution < -0.4 is 0 Å². The van der Waals surface area contributed by atoms with Crippen LogP contribution >= 0.6 is 0 Å². The Balaban J connectivity index is 2.90. The normalized spacial score (nSPS) is 10.9. The maximum Gasteiger partial charge on any atom is 0.0632 e. The van der Waals surface area contributed by atoms with Crippen LogP contribution in [0.2, 0.25) is 0 Å². The molecule has 0 radical (unpaired) electrons. The highest BCUT2D eigenvalue weighted by Gasteiger charge is 2.15. The molecular formula is C11H15N3O. The van der Waals surface area contributed by atoms with Crippen molar-refractivity contribution in [3.8, 4) is 0 Å². The summed E-state index contributed by atoms with van der Waals surface area (Å²) in [6, 6.07) is 7.67. The van der Waals surface area contributed by atoms with E-state index in [9.17, 15) is 5.11 Å². The van der Waals surface area contributed by atoms with Gasteiger partial charge in [-0.15, -0.1) is 0 Å². The predicted molar refractivity (Wildman–Crippen MR) is 59.3 cm³/mol. The minimum Gasteiger partial charge on any atom is -0.390 e. The number of aliphatic hydroxyl groups is 1. The van der Waals surface area contributed by atoms with Crippen molar-refractivity contribution >= 4 is 0 Å². The van der Waals surface area contributed by atoms with Gasteiger partial charge in [0.05, 0.1) is 12.1 Å². The molecule has 0 spiro atoms. The molecule has 0 saturated heterocycles. The molecule has 0 fully saturated rings. The molecule has 0 atom stereocenters. The molecule has 0 bridgehead atoms. The second-order valence-corrected chi connectivity index (χ2v) is 4.15. The third-order valence-electron chi connectivity index (χ3n) is 2.05. The van der Waals surface area contributed by atoms with Gasteiger partial charge in [-0.2, -0.15) is 0 Å². The number of hydrogen-bond donors (Lipinski definition) is 1. The van der Waals surface area contributed by atoms with Gasteiger partial charge in [0.1, 0.15) is 0 Å². The third kappa shape index (κ3) is 4.02.